The highest BCUT2D eigenvalue weighted by Crippen LogP contribution is 2.29. The van der Waals surface area contributed by atoms with Crippen molar-refractivity contribution in [1.29, 1.82) is 5.26 Å². The van der Waals surface area contributed by atoms with Crippen LogP contribution in [-0.4, -0.2) is 38.0 Å². The standard InChI is InChI=1S/C23H16N6O4/c1-13-9-19(28-33-13)21-26-25-20-17-5-3-4-6-18(17)22(27-29(20)21)32-12-15-8-7-14(23(30)31-2)10-16(15)11-24/h3-10H,12H2,1-2H3. The van der Waals surface area contributed by atoms with E-state index in [0.29, 0.717) is 45.5 Å². The highest BCUT2D eigenvalue weighted by Gasteiger charge is 2.19. The first-order valence-electron chi connectivity index (χ1n) is 9.91. The van der Waals surface area contributed by atoms with Crippen LogP contribution in [0.5, 0.6) is 5.88 Å². The number of carbonyl (C=O) groups is 1. The van der Waals surface area contributed by atoms with Crippen LogP contribution in [0, 0.1) is 18.3 Å². The van der Waals surface area contributed by atoms with Gasteiger partial charge in [0.15, 0.2) is 11.3 Å². The van der Waals surface area contributed by atoms with Gasteiger partial charge in [-0.1, -0.05) is 29.4 Å². The Bertz CT molecular complexity index is 1560. The van der Waals surface area contributed by atoms with E-state index in [1.807, 2.05) is 24.3 Å². The van der Waals surface area contributed by atoms with Crippen LogP contribution in [0.15, 0.2) is 53.1 Å². The molecule has 5 rings (SSSR count). The Kier molecular flexibility index (Phi) is 4.91. The molecule has 0 aliphatic heterocycles. The average Bonchev–Trinajstić information content (AvgIpc) is 3.47. The predicted octanol–water partition coefficient (Wildman–Crippen LogP) is 3.48. The molecule has 0 aliphatic carbocycles. The summed E-state index contributed by atoms with van der Waals surface area (Å²) < 4.78 is 17.5. The van der Waals surface area contributed by atoms with Crippen molar-refractivity contribution in [3.05, 3.63) is 71.0 Å². The molecule has 10 nitrogen and oxygen atoms in total. The van der Waals surface area contributed by atoms with Crippen LogP contribution in [0.2, 0.25) is 0 Å². The molecule has 0 atom stereocenters. The zero-order chi connectivity index (χ0) is 22.9. The summed E-state index contributed by atoms with van der Waals surface area (Å²) in [6, 6.07) is 16.1. The molecule has 2 aromatic carbocycles. The summed E-state index contributed by atoms with van der Waals surface area (Å²) in [4.78, 5) is 11.8. The van der Waals surface area contributed by atoms with Gasteiger partial charge in [0, 0.05) is 22.4 Å². The molecule has 0 spiro atoms. The Balaban J connectivity index is 1.57. The van der Waals surface area contributed by atoms with Gasteiger partial charge in [-0.2, -0.15) is 9.78 Å². The van der Waals surface area contributed by atoms with Gasteiger partial charge in [-0.25, -0.2) is 4.79 Å². The van der Waals surface area contributed by atoms with Gasteiger partial charge in [-0.05, 0) is 25.1 Å². The Hall–Kier alpha value is -4.78. The number of hydrogen-bond donors (Lipinski definition) is 0. The van der Waals surface area contributed by atoms with Gasteiger partial charge >= 0.3 is 5.97 Å². The molecular weight excluding hydrogens is 424 g/mol. The number of fused-ring (bicyclic) bond motifs is 3. The maximum absolute atomic E-state index is 11.8. The third-order valence-corrected chi connectivity index (χ3v) is 5.10. The number of esters is 1. The fourth-order valence-corrected chi connectivity index (χ4v) is 3.49. The first kappa shape index (κ1) is 20.1. The zero-order valence-electron chi connectivity index (χ0n) is 17.6. The third-order valence-electron chi connectivity index (χ3n) is 5.10. The molecular formula is C23H16N6O4. The Morgan fingerprint density at radius 3 is 2.70 bits per heavy atom. The third kappa shape index (κ3) is 3.51. The van der Waals surface area contributed by atoms with E-state index >= 15 is 0 Å². The lowest BCUT2D eigenvalue weighted by Gasteiger charge is -2.11. The Labute approximate surface area is 187 Å². The lowest BCUT2D eigenvalue weighted by molar-refractivity contribution is 0.0600. The maximum atomic E-state index is 11.8. The number of nitriles is 1. The molecule has 3 aromatic heterocycles. The first-order chi connectivity index (χ1) is 16.1. The largest absolute Gasteiger partial charge is 0.471 e. The van der Waals surface area contributed by atoms with Crippen LogP contribution in [0.25, 0.3) is 27.9 Å². The fourth-order valence-electron chi connectivity index (χ4n) is 3.49. The van der Waals surface area contributed by atoms with Crippen LogP contribution in [-0.2, 0) is 11.3 Å². The van der Waals surface area contributed by atoms with Crippen LogP contribution in [0.4, 0.5) is 0 Å². The SMILES string of the molecule is COC(=O)c1ccc(COc2nn3c(-c4cc(C)on4)nnc3c3ccccc23)c(C#N)c1. The van der Waals surface area contributed by atoms with Crippen molar-refractivity contribution in [1.82, 2.24) is 25.0 Å². The number of nitrogens with zero attached hydrogens (tertiary/aromatic N) is 6. The second-order valence-electron chi connectivity index (χ2n) is 7.20. The smallest absolute Gasteiger partial charge is 0.337 e. The summed E-state index contributed by atoms with van der Waals surface area (Å²) in [6.07, 6.45) is 0. The number of methoxy groups -OCH3 is 1. The number of ether oxygens (including phenoxy) is 2. The number of rotatable bonds is 5. The fraction of sp³-hybridized carbons (Fsp3) is 0.130. The molecule has 0 radical (unpaired) electrons. The van der Waals surface area contributed by atoms with Crippen molar-refractivity contribution in [2.24, 2.45) is 0 Å². The van der Waals surface area contributed by atoms with Crippen molar-refractivity contribution in [2.75, 3.05) is 7.11 Å². The van der Waals surface area contributed by atoms with Gasteiger partial charge < -0.3 is 14.0 Å². The van der Waals surface area contributed by atoms with E-state index < -0.39 is 5.97 Å². The summed E-state index contributed by atoms with van der Waals surface area (Å²) >= 11 is 0. The van der Waals surface area contributed by atoms with Crippen molar-refractivity contribution in [2.45, 2.75) is 13.5 Å². The molecule has 0 N–H and O–H groups in total. The molecule has 5 aromatic rings. The van der Waals surface area contributed by atoms with Crippen LogP contribution < -0.4 is 4.74 Å². The molecule has 0 bridgehead atoms. The second kappa shape index (κ2) is 8.05. The molecule has 0 aliphatic rings. The molecule has 0 saturated heterocycles. The summed E-state index contributed by atoms with van der Waals surface area (Å²) in [6.45, 7) is 1.85. The molecule has 0 fully saturated rings. The molecule has 0 amide bonds. The van der Waals surface area contributed by atoms with Gasteiger partial charge in [-0.15, -0.1) is 15.3 Å². The summed E-state index contributed by atoms with van der Waals surface area (Å²) in [5.74, 6) is 0.872. The number of aryl methyl sites for hydroxylation is 1. The summed E-state index contributed by atoms with van der Waals surface area (Å²) in [7, 11) is 1.29. The predicted molar refractivity (Wildman–Crippen MR) is 115 cm³/mol. The summed E-state index contributed by atoms with van der Waals surface area (Å²) in [5, 5.41) is 28.2. The van der Waals surface area contributed by atoms with E-state index in [2.05, 4.69) is 26.5 Å². The van der Waals surface area contributed by atoms with E-state index in [-0.39, 0.29) is 6.61 Å². The lowest BCUT2D eigenvalue weighted by Crippen LogP contribution is -2.06. The molecule has 0 unspecified atom stereocenters. The minimum atomic E-state index is -0.514. The van der Waals surface area contributed by atoms with E-state index in [1.54, 1.807) is 29.6 Å². The van der Waals surface area contributed by atoms with Crippen LogP contribution in [0.1, 0.15) is 27.2 Å². The number of benzene rings is 2. The van der Waals surface area contributed by atoms with E-state index in [1.165, 1.54) is 13.2 Å². The summed E-state index contributed by atoms with van der Waals surface area (Å²) in [5.41, 5.74) is 2.26. The van der Waals surface area contributed by atoms with Gasteiger partial charge in [0.25, 0.3) is 0 Å². The molecule has 3 heterocycles. The van der Waals surface area contributed by atoms with Crippen molar-refractivity contribution in [3.8, 4) is 23.5 Å². The van der Waals surface area contributed by atoms with Crippen molar-refractivity contribution < 1.29 is 18.8 Å². The van der Waals surface area contributed by atoms with Crippen LogP contribution in [0.3, 0.4) is 0 Å². The lowest BCUT2D eigenvalue weighted by atomic mass is 10.1. The topological polar surface area (TPSA) is 128 Å². The number of aromatic nitrogens is 5. The maximum Gasteiger partial charge on any atom is 0.337 e. The Morgan fingerprint density at radius 1 is 1.15 bits per heavy atom. The van der Waals surface area contributed by atoms with E-state index in [9.17, 15) is 10.1 Å². The molecule has 0 saturated carbocycles. The molecule has 10 heteroatoms. The Morgan fingerprint density at radius 2 is 1.97 bits per heavy atom. The van der Waals surface area contributed by atoms with Crippen molar-refractivity contribution in [3.63, 3.8) is 0 Å². The van der Waals surface area contributed by atoms with E-state index in [0.717, 1.165) is 10.8 Å². The highest BCUT2D eigenvalue weighted by molar-refractivity contribution is 5.97. The second-order valence-corrected chi connectivity index (χ2v) is 7.20. The number of hydrogen-bond acceptors (Lipinski definition) is 9. The monoisotopic (exact) mass is 440 g/mol. The van der Waals surface area contributed by atoms with E-state index in [4.69, 9.17) is 14.0 Å². The normalized spacial score (nSPS) is 10.9. The quantitative estimate of drug-likeness (QED) is 0.377. The zero-order valence-corrected chi connectivity index (χ0v) is 17.6. The van der Waals surface area contributed by atoms with Crippen molar-refractivity contribution >= 4 is 22.4 Å². The first-order valence-corrected chi connectivity index (χ1v) is 9.91. The number of carbonyl (C=O) groups excluding carboxylic acids is 1. The van der Waals surface area contributed by atoms with Gasteiger partial charge in [0.2, 0.25) is 11.7 Å². The molecule has 33 heavy (non-hydrogen) atoms. The minimum absolute atomic E-state index is 0.0629. The van der Waals surface area contributed by atoms with Gasteiger partial charge in [0.05, 0.1) is 24.3 Å². The highest BCUT2D eigenvalue weighted by atomic mass is 16.5. The van der Waals surface area contributed by atoms with Crippen LogP contribution >= 0.6 is 0 Å². The van der Waals surface area contributed by atoms with Gasteiger partial charge in [0.1, 0.15) is 12.4 Å². The van der Waals surface area contributed by atoms with Gasteiger partial charge in [-0.3, -0.25) is 0 Å². The average molecular weight is 440 g/mol. The molecule has 162 valence electrons. The minimum Gasteiger partial charge on any atom is -0.471 e.